The Morgan fingerprint density at radius 1 is 0.722 bits per heavy atom. The summed E-state index contributed by atoms with van der Waals surface area (Å²) in [7, 11) is 4.55. The predicted octanol–water partition coefficient (Wildman–Crippen LogP) is 6.42. The Bertz CT molecular complexity index is 4560. The molecule has 30 heteroatoms. The standard InChI is InChI=1S/C78H88N14O16/c1-8-91-71-53-15-10-9-14-47(53)40-89(58-17-12-11-16-54(58)70(71)86-87-91)68(96)25-24-65(93)81-38-66(94)82-39-67(95)85-69(44(2)3)73(98)83-45(4)72(97)84-49-20-21-50(79-36-49)42-108-77(102)92-59-34-64(62(105-7)32-56(59)75(100)90-43-78(26-27-78)35-60(90)76(92)101)107-29-13-28-106-63-33-57-55(31-61(63)104-6)74(99)88-41-48(30-51(88)37-80-57)46-18-22-52(103-5)23-19-46/h9-12,14-23,31-34,36,41,44-45,51,60,69,76,80,86-87,101H,8,13,24-30,35,37-40,42-43H2,1-7H3,(H,81,93)(H,82,94)(H,83,98)(H,84,97)(H,85,95)/t45-,51-,60-,69-,76?/m0/s1. The van der Waals surface area contributed by atoms with E-state index < -0.39 is 84.9 Å². The van der Waals surface area contributed by atoms with Gasteiger partial charge >= 0.3 is 6.09 Å². The quantitative estimate of drug-likeness (QED) is 0.0264. The van der Waals surface area contributed by atoms with E-state index in [2.05, 4.69) is 47.8 Å². The molecule has 1 saturated carbocycles. The summed E-state index contributed by atoms with van der Waals surface area (Å²) < 4.78 is 35.2. The highest BCUT2D eigenvalue weighted by molar-refractivity contribution is 6.07. The number of methoxy groups -OCH3 is 3. The maximum atomic E-state index is 14.5. The molecule has 6 aliphatic heterocycles. The van der Waals surface area contributed by atoms with Crippen LogP contribution in [0, 0.1) is 11.3 Å². The minimum Gasteiger partial charge on any atom is -0.497 e. The van der Waals surface area contributed by atoms with Crippen molar-refractivity contribution in [1.29, 1.82) is 0 Å². The Morgan fingerprint density at radius 2 is 1.43 bits per heavy atom. The Hall–Kier alpha value is -11.9. The number of hydrogen-bond acceptors (Lipinski definition) is 21. The largest absolute Gasteiger partial charge is 0.497 e. The minimum absolute atomic E-state index is 0.0363. The second kappa shape index (κ2) is 32.0. The highest BCUT2D eigenvalue weighted by Gasteiger charge is 2.58. The summed E-state index contributed by atoms with van der Waals surface area (Å²) in [5.41, 5.74) is 15.2. The van der Waals surface area contributed by atoms with Gasteiger partial charge in [-0.25, -0.2) is 9.69 Å². The number of pyridine rings is 1. The first-order valence-electron chi connectivity index (χ1n) is 36.1. The molecule has 1 spiro atoms. The third-order valence-electron chi connectivity index (χ3n) is 20.5. The molecule has 1 aliphatic carbocycles. The maximum absolute atomic E-state index is 14.5. The fraction of sp³-hybridized carbons (Fsp3) is 0.385. The molecule has 9 N–H and O–H groups in total. The molecule has 5 aromatic carbocycles. The van der Waals surface area contributed by atoms with E-state index in [0.29, 0.717) is 67.3 Å². The van der Waals surface area contributed by atoms with E-state index in [9.17, 15) is 48.3 Å². The maximum Gasteiger partial charge on any atom is 0.416 e. The molecule has 108 heavy (non-hydrogen) atoms. The Morgan fingerprint density at radius 3 is 2.13 bits per heavy atom. The van der Waals surface area contributed by atoms with Crippen LogP contribution < -0.4 is 76.3 Å². The van der Waals surface area contributed by atoms with Crippen molar-refractivity contribution in [2.24, 2.45) is 11.3 Å². The van der Waals surface area contributed by atoms with Crippen molar-refractivity contribution in [3.8, 4) is 28.7 Å². The third-order valence-corrected chi connectivity index (χ3v) is 20.5. The topological polar surface area (TPSA) is 355 Å². The third kappa shape index (κ3) is 15.8. The van der Waals surface area contributed by atoms with Gasteiger partial charge in [-0.2, -0.15) is 0 Å². The summed E-state index contributed by atoms with van der Waals surface area (Å²) in [6.45, 7) is 7.54. The molecule has 30 nitrogen and oxygen atoms in total. The number of aromatic nitrogens is 1. The number of anilines is 4. The van der Waals surface area contributed by atoms with Gasteiger partial charge in [0, 0.05) is 68.4 Å². The van der Waals surface area contributed by atoms with Crippen molar-refractivity contribution >= 4 is 93.1 Å². The smallest absolute Gasteiger partial charge is 0.416 e. The second-order valence-electron chi connectivity index (χ2n) is 28.0. The molecule has 13 rings (SSSR count). The lowest BCUT2D eigenvalue weighted by Crippen LogP contribution is -2.55. The first kappa shape index (κ1) is 74.4. The van der Waals surface area contributed by atoms with Gasteiger partial charge in [-0.05, 0) is 110 Å². The zero-order valence-corrected chi connectivity index (χ0v) is 61.1. The van der Waals surface area contributed by atoms with Crippen LogP contribution in [0.3, 0.4) is 0 Å². The van der Waals surface area contributed by atoms with Crippen molar-refractivity contribution < 1.29 is 76.7 Å². The molecule has 2 fully saturated rings. The van der Waals surface area contributed by atoms with Gasteiger partial charge < -0.3 is 85.6 Å². The number of aliphatic hydroxyl groups is 1. The van der Waals surface area contributed by atoms with E-state index in [0.717, 1.165) is 62.7 Å². The van der Waals surface area contributed by atoms with Crippen LogP contribution in [0.4, 0.5) is 27.5 Å². The van der Waals surface area contributed by atoms with E-state index in [-0.39, 0.29) is 96.6 Å². The monoisotopic (exact) mass is 1480 g/mol. The summed E-state index contributed by atoms with van der Waals surface area (Å²) in [5.74, 6) is -2.68. The summed E-state index contributed by atoms with van der Waals surface area (Å²) in [5, 5.41) is 30.5. The summed E-state index contributed by atoms with van der Waals surface area (Å²) in [4.78, 5) is 134. The number of nitrogens with one attached hydrogen (secondary N) is 8. The molecule has 566 valence electrons. The van der Waals surface area contributed by atoms with Crippen LogP contribution in [0.25, 0.3) is 17.0 Å². The first-order valence-corrected chi connectivity index (χ1v) is 36.1. The Labute approximate surface area is 623 Å². The van der Waals surface area contributed by atoms with Crippen molar-refractivity contribution in [2.75, 3.05) is 87.7 Å². The molecule has 0 bridgehead atoms. The van der Waals surface area contributed by atoms with Crippen LogP contribution in [0.5, 0.6) is 28.7 Å². The Balaban J connectivity index is 0.568. The molecular weight excluding hydrogens is 1390 g/mol. The zero-order valence-electron chi connectivity index (χ0n) is 61.1. The fourth-order valence-corrected chi connectivity index (χ4v) is 14.4. The molecule has 7 heterocycles. The number of carbonyl (C=O) groups excluding carboxylic acids is 9. The number of ether oxygens (including phenoxy) is 6. The number of hydrazine groups is 2. The SMILES string of the molecule is CCN1NNC2=C1c1ccccc1CN(C(=O)CCC(=O)NCC(=O)NCC(=O)N[C@H](C(=O)N[C@@H](C)C(=O)Nc1ccc(COC(=O)N3c4cc(OCCCOc5cc6c(cc5OC)C(=O)N5C=C(c7ccc(OC)cc7)C[C@H]5CN6)c(OC)cc4C(=O)N4CC5(CC5)C[C@H]4C3O)nc1)C(C)C)c1ccccc12. The van der Waals surface area contributed by atoms with Gasteiger partial charge in [-0.1, -0.05) is 68.4 Å². The molecule has 7 aliphatic rings. The van der Waals surface area contributed by atoms with Gasteiger partial charge in [0.2, 0.25) is 35.4 Å². The number of para-hydroxylation sites is 1. The van der Waals surface area contributed by atoms with Crippen LogP contribution in [0.15, 0.2) is 122 Å². The first-order chi connectivity index (χ1) is 52.1. The predicted molar refractivity (Wildman–Crippen MR) is 397 cm³/mol. The molecule has 0 radical (unpaired) electrons. The van der Waals surface area contributed by atoms with Gasteiger partial charge in [0.25, 0.3) is 11.8 Å². The van der Waals surface area contributed by atoms with E-state index in [1.54, 1.807) is 47.8 Å². The lowest BCUT2D eigenvalue weighted by atomic mass is 9.95. The lowest BCUT2D eigenvalue weighted by Gasteiger charge is -2.31. The van der Waals surface area contributed by atoms with Gasteiger partial charge in [0.05, 0.1) is 123 Å². The molecule has 1 unspecified atom stereocenters. The van der Waals surface area contributed by atoms with Crippen molar-refractivity contribution in [3.05, 3.63) is 161 Å². The average molecular weight is 1480 g/mol. The fourth-order valence-electron chi connectivity index (χ4n) is 14.4. The van der Waals surface area contributed by atoms with Crippen LogP contribution in [0.1, 0.15) is 121 Å². The van der Waals surface area contributed by atoms with Gasteiger partial charge in [-0.3, -0.25) is 48.3 Å². The summed E-state index contributed by atoms with van der Waals surface area (Å²) in [6.07, 6.45) is 3.60. The van der Waals surface area contributed by atoms with Crippen LogP contribution in [-0.2, 0) is 46.7 Å². The summed E-state index contributed by atoms with van der Waals surface area (Å²) in [6, 6.07) is 29.5. The molecule has 1 aromatic heterocycles. The number of fused-ring (bicyclic) bond motifs is 8. The number of hydrogen-bond donors (Lipinski definition) is 9. The number of carbonyl (C=O) groups is 9. The zero-order chi connectivity index (χ0) is 76.1. The van der Waals surface area contributed by atoms with Gasteiger partial charge in [0.1, 0.15) is 24.4 Å². The molecule has 6 aromatic rings. The van der Waals surface area contributed by atoms with Crippen molar-refractivity contribution in [2.45, 2.75) is 116 Å². The van der Waals surface area contributed by atoms with Crippen LogP contribution in [-0.4, -0.2) is 176 Å². The highest BCUT2D eigenvalue weighted by Crippen LogP contribution is 2.57. The van der Waals surface area contributed by atoms with Crippen LogP contribution >= 0.6 is 0 Å². The number of benzene rings is 5. The number of nitrogens with zero attached hydrogens (tertiary/aromatic N) is 6. The van der Waals surface area contributed by atoms with E-state index >= 15 is 0 Å². The lowest BCUT2D eigenvalue weighted by molar-refractivity contribution is -0.132. The second-order valence-corrected chi connectivity index (χ2v) is 28.0. The Kier molecular flexibility index (Phi) is 22.1. The number of amides is 9. The molecule has 1 saturated heterocycles. The summed E-state index contributed by atoms with van der Waals surface area (Å²) >= 11 is 0. The minimum atomic E-state index is -1.52. The van der Waals surface area contributed by atoms with Crippen molar-refractivity contribution in [3.63, 3.8) is 0 Å². The van der Waals surface area contributed by atoms with E-state index in [1.165, 1.54) is 51.6 Å². The molecule has 5 atom stereocenters. The normalized spacial score (nSPS) is 18.2. The van der Waals surface area contributed by atoms with Crippen molar-refractivity contribution in [1.82, 2.24) is 52.0 Å². The molecular formula is C78H88N14O16. The van der Waals surface area contributed by atoms with Gasteiger partial charge in [-0.15, -0.1) is 5.53 Å². The van der Waals surface area contributed by atoms with E-state index in [1.807, 2.05) is 90.9 Å². The highest BCUT2D eigenvalue weighted by atomic mass is 16.6. The number of aliphatic hydroxyl groups excluding tert-OH is 1. The molecule has 9 amide bonds. The number of rotatable bonds is 26. The average Bonchev–Trinajstić information content (AvgIpc) is 1.56. The van der Waals surface area contributed by atoms with E-state index in [4.69, 9.17) is 28.4 Å². The van der Waals surface area contributed by atoms with Gasteiger partial charge in [0.15, 0.2) is 29.2 Å². The van der Waals surface area contributed by atoms with Crippen LogP contribution in [0.2, 0.25) is 0 Å².